The number of benzene rings is 2. The molecule has 25 heavy (non-hydrogen) atoms. The number of amides is 1. The van der Waals surface area contributed by atoms with Crippen molar-refractivity contribution in [1.29, 1.82) is 0 Å². The number of nitrogens with two attached hydrogens (primary N) is 1. The minimum Gasteiger partial charge on any atom is -0.497 e. The van der Waals surface area contributed by atoms with Gasteiger partial charge in [0.1, 0.15) is 11.5 Å². The summed E-state index contributed by atoms with van der Waals surface area (Å²) in [5, 5.41) is 2.97. The summed E-state index contributed by atoms with van der Waals surface area (Å²) in [7, 11) is 3.24. The summed E-state index contributed by atoms with van der Waals surface area (Å²) in [5.74, 6) is 1.51. The highest BCUT2D eigenvalue weighted by Crippen LogP contribution is 2.32. The predicted octanol–water partition coefficient (Wildman–Crippen LogP) is 2.97. The smallest absolute Gasteiger partial charge is 0.220 e. The molecule has 0 bridgehead atoms. The zero-order valence-electron chi connectivity index (χ0n) is 15.0. The summed E-state index contributed by atoms with van der Waals surface area (Å²) in [4.78, 5) is 12.3. The fraction of sp³-hybridized carbons (Fsp3) is 0.350. The molecule has 0 radical (unpaired) electrons. The van der Waals surface area contributed by atoms with E-state index in [1.165, 1.54) is 0 Å². The molecule has 1 atom stereocenters. The molecule has 0 fully saturated rings. The molecular formula is C20H26N2O3. The third-order valence-electron chi connectivity index (χ3n) is 4.18. The first-order valence-electron chi connectivity index (χ1n) is 8.34. The number of carbonyl (C=O) groups is 1. The first-order chi connectivity index (χ1) is 12.1. The number of nitrogens with one attached hydrogen (secondary N) is 1. The van der Waals surface area contributed by atoms with Crippen LogP contribution in [0.1, 0.15) is 36.0 Å². The summed E-state index contributed by atoms with van der Waals surface area (Å²) in [6, 6.07) is 13.6. The minimum absolute atomic E-state index is 0.00326. The van der Waals surface area contributed by atoms with Crippen LogP contribution in [0.3, 0.4) is 0 Å². The Bertz CT molecular complexity index is 716. The molecule has 1 amide bonds. The first-order valence-corrected chi connectivity index (χ1v) is 8.34. The molecule has 2 aromatic rings. The van der Waals surface area contributed by atoms with Crippen LogP contribution in [-0.4, -0.2) is 20.1 Å². The van der Waals surface area contributed by atoms with Crippen LogP contribution in [0.2, 0.25) is 0 Å². The molecule has 0 aliphatic carbocycles. The summed E-state index contributed by atoms with van der Waals surface area (Å²) in [6.07, 6.45) is 0.388. The molecule has 0 aliphatic rings. The Hall–Kier alpha value is -2.53. The summed E-state index contributed by atoms with van der Waals surface area (Å²) >= 11 is 0. The van der Waals surface area contributed by atoms with E-state index in [0.29, 0.717) is 19.5 Å². The third kappa shape index (κ3) is 5.22. The Balaban J connectivity index is 1.95. The Morgan fingerprint density at radius 1 is 1.12 bits per heavy atom. The lowest BCUT2D eigenvalue weighted by atomic mass is 9.96. The highest BCUT2D eigenvalue weighted by Gasteiger charge is 2.16. The average Bonchev–Trinajstić information content (AvgIpc) is 2.65. The normalized spacial score (nSPS) is 11.7. The van der Waals surface area contributed by atoms with E-state index in [9.17, 15) is 4.79 Å². The van der Waals surface area contributed by atoms with Gasteiger partial charge in [0.05, 0.1) is 14.2 Å². The Kier molecular flexibility index (Phi) is 6.83. The van der Waals surface area contributed by atoms with Crippen LogP contribution >= 0.6 is 0 Å². The van der Waals surface area contributed by atoms with Gasteiger partial charge in [0.25, 0.3) is 0 Å². The zero-order valence-corrected chi connectivity index (χ0v) is 15.0. The molecule has 0 saturated carbocycles. The number of ether oxygens (including phenoxy) is 2. The molecule has 0 aromatic heterocycles. The van der Waals surface area contributed by atoms with Crippen LogP contribution in [0.5, 0.6) is 11.5 Å². The maximum Gasteiger partial charge on any atom is 0.220 e. The van der Waals surface area contributed by atoms with Crippen LogP contribution in [0, 0.1) is 0 Å². The standard InChI is InChI=1S/C20H26N2O3/c1-14(18-8-7-17(24-2)11-19(18)25-3)9-20(23)22-13-16-6-4-5-15(10-16)12-21/h4-8,10-11,14H,9,12-13,21H2,1-3H3,(H,22,23). The van der Waals surface area contributed by atoms with Crippen LogP contribution in [-0.2, 0) is 17.9 Å². The van der Waals surface area contributed by atoms with E-state index in [1.807, 2.05) is 49.4 Å². The Morgan fingerprint density at radius 2 is 1.88 bits per heavy atom. The van der Waals surface area contributed by atoms with E-state index in [1.54, 1.807) is 14.2 Å². The van der Waals surface area contributed by atoms with Crippen molar-refractivity contribution in [3.8, 4) is 11.5 Å². The molecule has 0 saturated heterocycles. The van der Waals surface area contributed by atoms with E-state index < -0.39 is 0 Å². The van der Waals surface area contributed by atoms with Gasteiger partial charge >= 0.3 is 0 Å². The van der Waals surface area contributed by atoms with Gasteiger partial charge in [-0.25, -0.2) is 0 Å². The van der Waals surface area contributed by atoms with Crippen LogP contribution in [0.15, 0.2) is 42.5 Å². The maximum absolute atomic E-state index is 12.3. The lowest BCUT2D eigenvalue weighted by Crippen LogP contribution is -2.24. The molecule has 2 aromatic carbocycles. The van der Waals surface area contributed by atoms with Gasteiger partial charge in [-0.1, -0.05) is 37.3 Å². The highest BCUT2D eigenvalue weighted by molar-refractivity contribution is 5.77. The van der Waals surface area contributed by atoms with Crippen molar-refractivity contribution >= 4 is 5.91 Å². The third-order valence-corrected chi connectivity index (χ3v) is 4.18. The summed E-state index contributed by atoms with van der Waals surface area (Å²) < 4.78 is 10.6. The topological polar surface area (TPSA) is 73.6 Å². The molecule has 5 heteroatoms. The molecule has 1 unspecified atom stereocenters. The Morgan fingerprint density at radius 3 is 2.56 bits per heavy atom. The van der Waals surface area contributed by atoms with Gasteiger partial charge in [0.2, 0.25) is 5.91 Å². The second-order valence-electron chi connectivity index (χ2n) is 6.01. The van der Waals surface area contributed by atoms with Crippen LogP contribution < -0.4 is 20.5 Å². The average molecular weight is 342 g/mol. The lowest BCUT2D eigenvalue weighted by molar-refractivity contribution is -0.121. The van der Waals surface area contributed by atoms with Gasteiger partial charge in [-0.2, -0.15) is 0 Å². The highest BCUT2D eigenvalue weighted by atomic mass is 16.5. The van der Waals surface area contributed by atoms with Crippen molar-refractivity contribution in [1.82, 2.24) is 5.32 Å². The number of carbonyl (C=O) groups excluding carboxylic acids is 1. The quantitative estimate of drug-likeness (QED) is 0.773. The van der Waals surface area contributed by atoms with Crippen LogP contribution in [0.25, 0.3) is 0 Å². The molecule has 2 rings (SSSR count). The number of rotatable bonds is 8. The number of hydrogen-bond acceptors (Lipinski definition) is 4. The summed E-state index contributed by atoms with van der Waals surface area (Å²) in [5.41, 5.74) is 8.74. The zero-order chi connectivity index (χ0) is 18.2. The number of methoxy groups -OCH3 is 2. The number of hydrogen-bond donors (Lipinski definition) is 2. The molecule has 0 heterocycles. The maximum atomic E-state index is 12.3. The van der Waals surface area contributed by atoms with Crippen molar-refractivity contribution in [2.24, 2.45) is 5.73 Å². The van der Waals surface area contributed by atoms with Gasteiger partial charge in [0.15, 0.2) is 0 Å². The van der Waals surface area contributed by atoms with Gasteiger partial charge in [-0.05, 0) is 28.7 Å². The molecule has 0 aliphatic heterocycles. The van der Waals surface area contributed by atoms with Gasteiger partial charge < -0.3 is 20.5 Å². The molecular weight excluding hydrogens is 316 g/mol. The van der Waals surface area contributed by atoms with Crippen molar-refractivity contribution in [3.05, 3.63) is 59.2 Å². The fourth-order valence-corrected chi connectivity index (χ4v) is 2.75. The van der Waals surface area contributed by atoms with Crippen molar-refractivity contribution in [2.45, 2.75) is 32.4 Å². The second kappa shape index (κ2) is 9.08. The SMILES string of the molecule is COc1ccc(C(C)CC(=O)NCc2cccc(CN)c2)c(OC)c1. The van der Waals surface area contributed by atoms with Crippen molar-refractivity contribution < 1.29 is 14.3 Å². The van der Waals surface area contributed by atoms with E-state index in [4.69, 9.17) is 15.2 Å². The minimum atomic E-state index is 0.00326. The van der Waals surface area contributed by atoms with E-state index in [-0.39, 0.29) is 11.8 Å². The monoisotopic (exact) mass is 342 g/mol. The largest absolute Gasteiger partial charge is 0.497 e. The van der Waals surface area contributed by atoms with E-state index >= 15 is 0 Å². The van der Waals surface area contributed by atoms with Gasteiger partial charge in [0, 0.05) is 25.6 Å². The van der Waals surface area contributed by atoms with Gasteiger partial charge in [-0.3, -0.25) is 4.79 Å². The molecule has 134 valence electrons. The predicted molar refractivity (Wildman–Crippen MR) is 98.8 cm³/mol. The molecule has 0 spiro atoms. The lowest BCUT2D eigenvalue weighted by Gasteiger charge is -2.16. The van der Waals surface area contributed by atoms with Crippen molar-refractivity contribution in [2.75, 3.05) is 14.2 Å². The Labute approximate surface area is 149 Å². The second-order valence-corrected chi connectivity index (χ2v) is 6.01. The first kappa shape index (κ1) is 18.8. The summed E-state index contributed by atoms with van der Waals surface area (Å²) in [6.45, 7) is 3.01. The van der Waals surface area contributed by atoms with E-state index in [2.05, 4.69) is 5.32 Å². The van der Waals surface area contributed by atoms with E-state index in [0.717, 1.165) is 28.2 Å². The van der Waals surface area contributed by atoms with Crippen LogP contribution in [0.4, 0.5) is 0 Å². The van der Waals surface area contributed by atoms with Crippen molar-refractivity contribution in [3.63, 3.8) is 0 Å². The fourth-order valence-electron chi connectivity index (χ4n) is 2.75. The molecule has 5 nitrogen and oxygen atoms in total. The molecule has 3 N–H and O–H groups in total. The van der Waals surface area contributed by atoms with Gasteiger partial charge in [-0.15, -0.1) is 0 Å².